The van der Waals surface area contributed by atoms with Crippen LogP contribution in [0.4, 0.5) is 0 Å². The van der Waals surface area contributed by atoms with Gasteiger partial charge in [0.05, 0.1) is 27.8 Å². The van der Waals surface area contributed by atoms with Gasteiger partial charge in [-0.25, -0.2) is 15.0 Å². The van der Waals surface area contributed by atoms with Gasteiger partial charge in [0, 0.05) is 64.1 Å². The van der Waals surface area contributed by atoms with E-state index in [0.29, 0.717) is 17.5 Å². The van der Waals surface area contributed by atoms with Crippen molar-refractivity contribution in [2.45, 2.75) is 0 Å². The third-order valence-corrected chi connectivity index (χ3v) is 12.4. The summed E-state index contributed by atoms with van der Waals surface area (Å²) in [5.41, 5.74) is 9.89. The first kappa shape index (κ1) is 31.9. The average molecular weight is 746 g/mol. The number of benzene rings is 8. The first-order valence-corrected chi connectivity index (χ1v) is 19.9. The maximum Gasteiger partial charge on any atom is 0.165 e. The van der Waals surface area contributed by atoms with Crippen molar-refractivity contribution >= 4 is 75.1 Å². The number of aromatic nitrogens is 5. The van der Waals surface area contributed by atoms with E-state index in [1.54, 1.807) is 11.3 Å². The van der Waals surface area contributed by atoms with Crippen LogP contribution in [0.1, 0.15) is 0 Å². The maximum absolute atomic E-state index is 5.14. The molecule has 0 N–H and O–H groups in total. The molecule has 0 aliphatic rings. The van der Waals surface area contributed by atoms with E-state index >= 15 is 0 Å². The normalized spacial score (nSPS) is 11.9. The number of hydrogen-bond donors (Lipinski definition) is 0. The summed E-state index contributed by atoms with van der Waals surface area (Å²) in [7, 11) is 0. The van der Waals surface area contributed by atoms with Crippen LogP contribution in [-0.2, 0) is 0 Å². The van der Waals surface area contributed by atoms with Gasteiger partial charge in [-0.1, -0.05) is 140 Å². The van der Waals surface area contributed by atoms with Crippen molar-refractivity contribution in [2.75, 3.05) is 0 Å². The molecule has 0 saturated carbocycles. The molecule has 0 aliphatic carbocycles. The molecule has 5 nitrogen and oxygen atoms in total. The zero-order valence-electron chi connectivity index (χ0n) is 30.5. The topological polar surface area (TPSA) is 48.5 Å². The molecule has 4 heterocycles. The van der Waals surface area contributed by atoms with E-state index in [9.17, 15) is 0 Å². The first-order valence-electron chi connectivity index (χ1n) is 19.1. The van der Waals surface area contributed by atoms with Gasteiger partial charge in [0.1, 0.15) is 0 Å². The summed E-state index contributed by atoms with van der Waals surface area (Å²) in [6, 6.07) is 66.6. The minimum Gasteiger partial charge on any atom is -0.307 e. The Kier molecular flexibility index (Phi) is 7.03. The zero-order valence-corrected chi connectivity index (χ0v) is 31.4. The molecule has 12 rings (SSSR count). The van der Waals surface area contributed by atoms with Crippen molar-refractivity contribution in [1.82, 2.24) is 24.1 Å². The Morgan fingerprint density at radius 2 is 0.912 bits per heavy atom. The van der Waals surface area contributed by atoms with Crippen LogP contribution >= 0.6 is 11.3 Å². The second kappa shape index (κ2) is 12.6. The molecule has 0 saturated heterocycles. The largest absolute Gasteiger partial charge is 0.307 e. The summed E-state index contributed by atoms with van der Waals surface area (Å²) in [6.07, 6.45) is 0. The fraction of sp³-hybridized carbons (Fsp3) is 0. The van der Waals surface area contributed by atoms with Crippen molar-refractivity contribution < 1.29 is 0 Å². The van der Waals surface area contributed by atoms with E-state index in [2.05, 4.69) is 161 Å². The maximum atomic E-state index is 5.14. The van der Waals surface area contributed by atoms with Gasteiger partial charge < -0.3 is 9.13 Å². The Bertz CT molecular complexity index is 3400. The highest BCUT2D eigenvalue weighted by atomic mass is 32.1. The fourth-order valence-electron chi connectivity index (χ4n) is 8.74. The molecule has 0 atom stereocenters. The van der Waals surface area contributed by atoms with E-state index in [0.717, 1.165) is 32.8 Å². The molecule has 0 bridgehead atoms. The molecule has 12 aromatic rings. The number of thiophene rings is 1. The van der Waals surface area contributed by atoms with Crippen LogP contribution in [0.15, 0.2) is 188 Å². The van der Waals surface area contributed by atoms with Gasteiger partial charge in [0.25, 0.3) is 0 Å². The summed E-state index contributed by atoms with van der Waals surface area (Å²) < 4.78 is 7.28. The Balaban J connectivity index is 1.17. The molecular formula is C51H31N5S. The summed E-state index contributed by atoms with van der Waals surface area (Å²) in [6.45, 7) is 0. The van der Waals surface area contributed by atoms with Gasteiger partial charge in [-0.3, -0.25) is 0 Å². The summed E-state index contributed by atoms with van der Waals surface area (Å²) in [5, 5.41) is 7.38. The van der Waals surface area contributed by atoms with E-state index < -0.39 is 0 Å². The van der Waals surface area contributed by atoms with Crippen LogP contribution < -0.4 is 0 Å². The zero-order chi connectivity index (χ0) is 37.5. The highest BCUT2D eigenvalue weighted by Gasteiger charge is 2.24. The van der Waals surface area contributed by atoms with Crippen molar-refractivity contribution in [3.05, 3.63) is 188 Å². The van der Waals surface area contributed by atoms with Crippen LogP contribution in [0.3, 0.4) is 0 Å². The van der Waals surface area contributed by atoms with Gasteiger partial charge in [0.2, 0.25) is 0 Å². The van der Waals surface area contributed by atoms with Gasteiger partial charge in [-0.2, -0.15) is 0 Å². The Hall–Kier alpha value is -7.41. The number of nitrogens with zero attached hydrogens (tertiary/aromatic N) is 5. The van der Waals surface area contributed by atoms with Gasteiger partial charge in [-0.05, 0) is 48.5 Å². The highest BCUT2D eigenvalue weighted by molar-refractivity contribution is 7.26. The minimum absolute atomic E-state index is 0.656. The van der Waals surface area contributed by atoms with Crippen molar-refractivity contribution in [3.63, 3.8) is 0 Å². The quantitative estimate of drug-likeness (QED) is 0.176. The van der Waals surface area contributed by atoms with Gasteiger partial charge >= 0.3 is 0 Å². The molecular weight excluding hydrogens is 715 g/mol. The second-order valence-corrected chi connectivity index (χ2v) is 15.4. The third kappa shape index (κ3) is 4.84. The lowest BCUT2D eigenvalue weighted by molar-refractivity contribution is 1.08. The molecule has 0 fully saturated rings. The standard InChI is InChI=1S/C51H31N5S/c1-4-16-32(17-5-1)49-52-50(33-18-6-2-7-19-33)54-51(53-49)39-26-14-25-38-46-44(57-48(38)39)31-30-42-45(46)37-24-15-29-43(47(37)55(42)34-20-8-3-9-21-34)56-40-27-12-10-22-35(40)36-23-11-13-28-41(36)56/h1-31H. The monoisotopic (exact) mass is 745 g/mol. The van der Waals surface area contributed by atoms with Crippen LogP contribution in [0.2, 0.25) is 0 Å². The van der Waals surface area contributed by atoms with E-state index in [-0.39, 0.29) is 0 Å². The van der Waals surface area contributed by atoms with Crippen molar-refractivity contribution in [2.24, 2.45) is 0 Å². The molecule has 0 unspecified atom stereocenters. The van der Waals surface area contributed by atoms with E-state index in [1.807, 2.05) is 36.4 Å². The molecule has 266 valence electrons. The number of fused-ring (bicyclic) bond motifs is 10. The lowest BCUT2D eigenvalue weighted by atomic mass is 10.0. The molecule has 0 radical (unpaired) electrons. The average Bonchev–Trinajstić information content (AvgIpc) is 3.95. The SMILES string of the molecule is c1ccc(-c2nc(-c3ccccc3)nc(-c3cccc4c3sc3ccc5c(c6cccc(-n7c8ccccc8c8ccccc87)c6n5-c5ccccc5)c34)n2)cc1. The van der Waals surface area contributed by atoms with E-state index in [1.165, 1.54) is 59.1 Å². The van der Waals surface area contributed by atoms with Crippen molar-refractivity contribution in [1.29, 1.82) is 0 Å². The minimum atomic E-state index is 0.656. The lowest BCUT2D eigenvalue weighted by Gasteiger charge is -2.14. The second-order valence-electron chi connectivity index (χ2n) is 14.4. The lowest BCUT2D eigenvalue weighted by Crippen LogP contribution is -2.00. The fourth-order valence-corrected chi connectivity index (χ4v) is 9.96. The molecule has 8 aromatic carbocycles. The predicted octanol–water partition coefficient (Wildman–Crippen LogP) is 13.4. The summed E-state index contributed by atoms with van der Waals surface area (Å²) in [5.74, 6) is 1.98. The van der Waals surface area contributed by atoms with Crippen molar-refractivity contribution in [3.8, 4) is 45.5 Å². The van der Waals surface area contributed by atoms with Crippen LogP contribution in [0.5, 0.6) is 0 Å². The van der Waals surface area contributed by atoms with Crippen LogP contribution in [0.25, 0.3) is 109 Å². The third-order valence-electron chi connectivity index (χ3n) is 11.2. The molecule has 0 aliphatic heterocycles. The number of para-hydroxylation sites is 4. The highest BCUT2D eigenvalue weighted by Crippen LogP contribution is 2.47. The Morgan fingerprint density at radius 1 is 0.368 bits per heavy atom. The molecule has 4 aromatic heterocycles. The number of rotatable bonds is 5. The first-order chi connectivity index (χ1) is 28.3. The summed E-state index contributed by atoms with van der Waals surface area (Å²) >= 11 is 1.81. The Morgan fingerprint density at radius 3 is 1.58 bits per heavy atom. The van der Waals surface area contributed by atoms with Gasteiger partial charge in [-0.15, -0.1) is 11.3 Å². The molecule has 0 spiro atoms. The summed E-state index contributed by atoms with van der Waals surface area (Å²) in [4.78, 5) is 15.3. The molecule has 57 heavy (non-hydrogen) atoms. The number of hydrogen-bond acceptors (Lipinski definition) is 4. The van der Waals surface area contributed by atoms with Crippen LogP contribution in [0, 0.1) is 0 Å². The van der Waals surface area contributed by atoms with E-state index in [4.69, 9.17) is 15.0 Å². The predicted molar refractivity (Wildman–Crippen MR) is 238 cm³/mol. The Labute approximate surface area is 331 Å². The molecule has 0 amide bonds. The van der Waals surface area contributed by atoms with Crippen LogP contribution in [-0.4, -0.2) is 24.1 Å². The van der Waals surface area contributed by atoms with Gasteiger partial charge in [0.15, 0.2) is 17.5 Å². The molecule has 6 heteroatoms. The smallest absolute Gasteiger partial charge is 0.165 e.